The quantitative estimate of drug-likeness (QED) is 0.246. The normalized spacial score (nSPS) is 26.3. The number of aromatic nitrogens is 2. The summed E-state index contributed by atoms with van der Waals surface area (Å²) >= 11 is 0. The lowest BCUT2D eigenvalue weighted by molar-refractivity contribution is -0.148. The maximum Gasteiger partial charge on any atom is 0.421 e. The number of carbonyl (C=O) groups is 1. The van der Waals surface area contributed by atoms with Crippen molar-refractivity contribution in [1.82, 2.24) is 9.55 Å². The molecule has 1 aromatic heterocycles. The highest BCUT2D eigenvalue weighted by Crippen LogP contribution is 2.50. The number of ether oxygens (including phenoxy) is 2. The van der Waals surface area contributed by atoms with Crippen LogP contribution in [0.2, 0.25) is 0 Å². The molecular formula is C24H31F2N4O8P. The van der Waals surface area contributed by atoms with Crippen LogP contribution in [0.3, 0.4) is 0 Å². The number of carbonyl (C=O) groups excluding carboxylic acids is 1. The minimum Gasteiger partial charge on any atom is -0.461 e. The number of aliphatic hydroxyl groups excluding tert-OH is 1. The third-order valence-corrected chi connectivity index (χ3v) is 7.23. The number of rotatable bonds is 10. The number of anilines is 1. The van der Waals surface area contributed by atoms with Gasteiger partial charge in [-0.3, -0.25) is 14.1 Å². The molecule has 0 spiro atoms. The molecule has 0 saturated carbocycles. The van der Waals surface area contributed by atoms with Gasteiger partial charge < -0.3 is 24.8 Å². The first-order chi connectivity index (χ1) is 18.1. The highest BCUT2D eigenvalue weighted by atomic mass is 31.2. The predicted molar refractivity (Wildman–Crippen MR) is 137 cm³/mol. The number of nitrogens with zero attached hydrogens (tertiary/aromatic N) is 3. The van der Waals surface area contributed by atoms with Gasteiger partial charge in [0.25, 0.3) is 0 Å². The number of para-hydroxylation sites is 1. The second kappa shape index (κ2) is 11.9. The predicted octanol–water partition coefficient (Wildman–Crippen LogP) is 3.00. The van der Waals surface area contributed by atoms with Gasteiger partial charge in [0.05, 0.1) is 18.4 Å². The van der Waals surface area contributed by atoms with Crippen LogP contribution in [0.1, 0.15) is 40.8 Å². The second-order valence-electron chi connectivity index (χ2n) is 9.39. The summed E-state index contributed by atoms with van der Waals surface area (Å²) < 4.78 is 65.8. The van der Waals surface area contributed by atoms with Crippen LogP contribution in [0, 0.1) is 5.82 Å². The molecule has 7 atom stereocenters. The Balaban J connectivity index is 1.88. The van der Waals surface area contributed by atoms with Crippen molar-refractivity contribution in [2.75, 3.05) is 5.73 Å². The average Bonchev–Trinajstić information content (AvgIpc) is 3.08. The largest absolute Gasteiger partial charge is 0.461 e. The Hall–Kier alpha value is -3.19. The second-order valence-corrected chi connectivity index (χ2v) is 11.1. The smallest absolute Gasteiger partial charge is 0.421 e. The third-order valence-electron chi connectivity index (χ3n) is 5.72. The van der Waals surface area contributed by atoms with Crippen LogP contribution in [-0.2, 0) is 23.4 Å². The Morgan fingerprint density at radius 2 is 1.95 bits per heavy atom. The Morgan fingerprint density at radius 3 is 2.56 bits per heavy atom. The SMILES string of the molecule is CC(C)OC(=O)[C@H](C)N=CP(=O)(Oc1ccccc1)O[C@@H](C)[C@H]1O[C@@H](n2cc(F)c(N)nc2=O)C(C)(F)[C@H]1O. The molecule has 1 aliphatic heterocycles. The van der Waals surface area contributed by atoms with E-state index in [4.69, 9.17) is 24.3 Å². The zero-order valence-corrected chi connectivity index (χ0v) is 22.8. The van der Waals surface area contributed by atoms with E-state index >= 15 is 4.39 Å². The van der Waals surface area contributed by atoms with E-state index in [2.05, 4.69) is 9.98 Å². The van der Waals surface area contributed by atoms with Crippen molar-refractivity contribution in [3.8, 4) is 5.75 Å². The Morgan fingerprint density at radius 1 is 1.31 bits per heavy atom. The molecular weight excluding hydrogens is 541 g/mol. The first kappa shape index (κ1) is 30.4. The number of hydrogen-bond donors (Lipinski definition) is 2. The number of aliphatic imine (C=N–C) groups is 1. The highest BCUT2D eigenvalue weighted by molar-refractivity contribution is 7.70. The molecule has 1 aliphatic rings. The van der Waals surface area contributed by atoms with Crippen molar-refractivity contribution in [1.29, 1.82) is 0 Å². The van der Waals surface area contributed by atoms with Gasteiger partial charge in [0.1, 0.15) is 30.0 Å². The van der Waals surface area contributed by atoms with Crippen LogP contribution >= 0.6 is 7.60 Å². The lowest BCUT2D eigenvalue weighted by Crippen LogP contribution is -2.44. The summed E-state index contributed by atoms with van der Waals surface area (Å²) in [4.78, 5) is 31.7. The average molecular weight is 573 g/mol. The number of esters is 1. The van der Waals surface area contributed by atoms with E-state index in [0.29, 0.717) is 10.8 Å². The van der Waals surface area contributed by atoms with Crippen molar-refractivity contribution in [2.45, 2.75) is 77.0 Å². The molecule has 0 radical (unpaired) electrons. The molecule has 2 unspecified atom stereocenters. The fourth-order valence-corrected chi connectivity index (χ4v) is 5.23. The zero-order chi connectivity index (χ0) is 29.1. The van der Waals surface area contributed by atoms with Crippen LogP contribution < -0.4 is 15.9 Å². The van der Waals surface area contributed by atoms with E-state index in [-0.39, 0.29) is 5.75 Å². The van der Waals surface area contributed by atoms with Crippen LogP contribution in [-0.4, -0.2) is 62.7 Å². The number of benzene rings is 1. The summed E-state index contributed by atoms with van der Waals surface area (Å²) in [6.45, 7) is 6.99. The summed E-state index contributed by atoms with van der Waals surface area (Å²) in [5.41, 5.74) is 1.54. The summed E-state index contributed by atoms with van der Waals surface area (Å²) in [5.74, 6) is -1.51. The molecule has 39 heavy (non-hydrogen) atoms. The van der Waals surface area contributed by atoms with Gasteiger partial charge in [0.15, 0.2) is 23.5 Å². The molecule has 1 aromatic carbocycles. The minimum atomic E-state index is -4.33. The molecule has 0 aliphatic carbocycles. The fourth-order valence-electron chi connectivity index (χ4n) is 3.72. The van der Waals surface area contributed by atoms with Crippen molar-refractivity contribution >= 4 is 25.3 Å². The van der Waals surface area contributed by atoms with Crippen LogP contribution in [0.4, 0.5) is 14.6 Å². The van der Waals surface area contributed by atoms with E-state index in [0.717, 1.165) is 12.9 Å². The number of aliphatic hydroxyl groups is 1. The molecule has 3 N–H and O–H groups in total. The van der Waals surface area contributed by atoms with E-state index in [9.17, 15) is 23.7 Å². The molecule has 15 heteroatoms. The summed E-state index contributed by atoms with van der Waals surface area (Å²) in [7, 11) is -4.33. The first-order valence-corrected chi connectivity index (χ1v) is 13.6. The standard InChI is InChI=1S/C24H31F2N4O8P/c1-13(2)35-21(32)14(3)28-12-39(34,38-16-9-7-6-8-10-16)37-15(4)18-19(31)24(5,26)22(36-18)30-11-17(25)20(27)29-23(30)33/h6-15,18-19,22,31H,1-5H3,(H2,27,29,33)/t14-,15-,18+,19-,22+,24?,39?/m0/s1. The number of alkyl halides is 1. The molecule has 0 bridgehead atoms. The summed E-state index contributed by atoms with van der Waals surface area (Å²) in [6.07, 6.45) is -6.38. The summed E-state index contributed by atoms with van der Waals surface area (Å²) in [6, 6.07) is 6.85. The maximum atomic E-state index is 15.7. The van der Waals surface area contributed by atoms with E-state index in [1.165, 1.54) is 26.0 Å². The molecule has 1 saturated heterocycles. The first-order valence-electron chi connectivity index (χ1n) is 12.0. The van der Waals surface area contributed by atoms with Crippen molar-refractivity contribution < 1.29 is 41.8 Å². The lowest BCUT2D eigenvalue weighted by Gasteiger charge is -2.26. The number of nitrogen functional groups attached to an aromatic ring is 1. The van der Waals surface area contributed by atoms with Gasteiger partial charge in [0, 0.05) is 0 Å². The van der Waals surface area contributed by atoms with Crippen LogP contribution in [0.5, 0.6) is 5.75 Å². The van der Waals surface area contributed by atoms with Crippen molar-refractivity contribution in [3.05, 3.63) is 52.8 Å². The minimum absolute atomic E-state index is 0.132. The molecule has 214 valence electrons. The van der Waals surface area contributed by atoms with Gasteiger partial charge in [0.2, 0.25) is 0 Å². The molecule has 0 amide bonds. The van der Waals surface area contributed by atoms with Crippen molar-refractivity contribution in [3.63, 3.8) is 0 Å². The molecule has 2 aromatic rings. The molecule has 12 nitrogen and oxygen atoms in total. The van der Waals surface area contributed by atoms with E-state index in [1.54, 1.807) is 32.0 Å². The van der Waals surface area contributed by atoms with Crippen molar-refractivity contribution in [2.24, 2.45) is 4.99 Å². The third kappa shape index (κ3) is 7.07. The fraction of sp³-hybridized carbons (Fsp3) is 0.500. The van der Waals surface area contributed by atoms with Gasteiger partial charge in [-0.1, -0.05) is 18.2 Å². The van der Waals surface area contributed by atoms with E-state index < -0.39 is 73.2 Å². The summed E-state index contributed by atoms with van der Waals surface area (Å²) in [5, 5.41) is 10.7. The molecule has 1 fully saturated rings. The van der Waals surface area contributed by atoms with Gasteiger partial charge in [-0.15, -0.1) is 0 Å². The zero-order valence-electron chi connectivity index (χ0n) is 21.9. The molecule has 2 heterocycles. The van der Waals surface area contributed by atoms with Crippen LogP contribution in [0.15, 0.2) is 46.3 Å². The Bertz CT molecular complexity index is 1310. The number of halogens is 2. The van der Waals surface area contributed by atoms with Gasteiger partial charge in [-0.2, -0.15) is 4.98 Å². The van der Waals surface area contributed by atoms with E-state index in [1.807, 2.05) is 0 Å². The Kier molecular flexibility index (Phi) is 9.27. The molecule has 3 rings (SSSR count). The van der Waals surface area contributed by atoms with Gasteiger partial charge >= 0.3 is 19.3 Å². The lowest BCUT2D eigenvalue weighted by atomic mass is 9.96. The highest BCUT2D eigenvalue weighted by Gasteiger charge is 2.57. The number of hydrogen-bond acceptors (Lipinski definition) is 11. The van der Waals surface area contributed by atoms with Gasteiger partial charge in [-0.05, 0) is 46.8 Å². The Labute approximate surface area is 223 Å². The monoisotopic (exact) mass is 572 g/mol. The van der Waals surface area contributed by atoms with Gasteiger partial charge in [-0.25, -0.2) is 22.9 Å². The topological polar surface area (TPSA) is 165 Å². The number of nitrogens with two attached hydrogens (primary N) is 1. The maximum absolute atomic E-state index is 15.7. The van der Waals surface area contributed by atoms with Crippen LogP contribution in [0.25, 0.3) is 0 Å².